The minimum Gasteiger partial charge on any atom is -0.491 e. The van der Waals surface area contributed by atoms with Gasteiger partial charge in [0.2, 0.25) is 5.88 Å². The first kappa shape index (κ1) is 27.2. The minimum atomic E-state index is -3.93. The van der Waals surface area contributed by atoms with Crippen molar-refractivity contribution in [3.63, 3.8) is 0 Å². The number of anilines is 1. The fourth-order valence-electron chi connectivity index (χ4n) is 4.38. The third-order valence-corrected chi connectivity index (χ3v) is 7.76. The lowest BCUT2D eigenvalue weighted by Crippen LogP contribution is -2.14. The summed E-state index contributed by atoms with van der Waals surface area (Å²) >= 11 is 0. The number of aryl methyl sites for hydroxylation is 4. The van der Waals surface area contributed by atoms with Gasteiger partial charge < -0.3 is 14.0 Å². The molecule has 2 aromatic carbocycles. The molecule has 0 atom stereocenters. The molecule has 0 aliphatic carbocycles. The number of ether oxygens (including phenoxy) is 2. The average Bonchev–Trinajstić information content (AvgIpc) is 3.19. The van der Waals surface area contributed by atoms with E-state index in [2.05, 4.69) is 27.9 Å². The number of pyridine rings is 1. The van der Waals surface area contributed by atoms with Gasteiger partial charge in [-0.05, 0) is 56.9 Å². The molecule has 1 N–H and O–H groups in total. The molecule has 0 bridgehead atoms. The van der Waals surface area contributed by atoms with Crippen molar-refractivity contribution in [1.82, 2.24) is 10.1 Å². The molecule has 0 aliphatic rings. The summed E-state index contributed by atoms with van der Waals surface area (Å²) in [4.78, 5) is 4.60. The number of hydrogen-bond donors (Lipinski definition) is 1. The highest BCUT2D eigenvalue weighted by molar-refractivity contribution is 7.92. The third kappa shape index (κ3) is 5.67. The predicted molar refractivity (Wildman–Crippen MR) is 147 cm³/mol. The number of rotatable bonds is 10. The Morgan fingerprint density at radius 3 is 2.42 bits per heavy atom. The van der Waals surface area contributed by atoms with Gasteiger partial charge in [0, 0.05) is 22.9 Å². The number of methoxy groups -OCH3 is 1. The van der Waals surface area contributed by atoms with Gasteiger partial charge in [-0.2, -0.15) is 0 Å². The van der Waals surface area contributed by atoms with E-state index in [1.54, 1.807) is 33.1 Å². The maximum Gasteiger partial charge on any atom is 0.264 e. The van der Waals surface area contributed by atoms with Crippen LogP contribution in [0.15, 0.2) is 57.9 Å². The van der Waals surface area contributed by atoms with Gasteiger partial charge >= 0.3 is 0 Å². The normalized spacial score (nSPS) is 11.4. The maximum atomic E-state index is 13.4. The second kappa shape index (κ2) is 11.3. The molecule has 0 aliphatic heterocycles. The first-order chi connectivity index (χ1) is 18.1. The number of benzene rings is 2. The van der Waals surface area contributed by atoms with Gasteiger partial charge in [0.1, 0.15) is 6.61 Å². The highest BCUT2D eigenvalue weighted by atomic mass is 32.2. The molecule has 0 radical (unpaired) electrons. The van der Waals surface area contributed by atoms with Crippen molar-refractivity contribution < 1.29 is 22.4 Å². The summed E-state index contributed by atoms with van der Waals surface area (Å²) in [6.45, 7) is 9.76. The lowest BCUT2D eigenvalue weighted by molar-refractivity contribution is 0.282. The van der Waals surface area contributed by atoms with Crippen LogP contribution in [0.2, 0.25) is 0 Å². The number of aromatic nitrogens is 2. The molecule has 9 heteroatoms. The van der Waals surface area contributed by atoms with E-state index in [1.807, 2.05) is 44.2 Å². The molecule has 8 nitrogen and oxygen atoms in total. The van der Waals surface area contributed by atoms with Crippen LogP contribution >= 0.6 is 0 Å². The Morgan fingerprint density at radius 1 is 0.974 bits per heavy atom. The average molecular weight is 536 g/mol. The quantitative estimate of drug-likeness (QED) is 0.254. The van der Waals surface area contributed by atoms with Gasteiger partial charge in [0.15, 0.2) is 11.5 Å². The van der Waals surface area contributed by atoms with Crippen molar-refractivity contribution in [3.05, 3.63) is 82.3 Å². The third-order valence-electron chi connectivity index (χ3n) is 6.37. The molecule has 4 aromatic rings. The van der Waals surface area contributed by atoms with E-state index in [0.29, 0.717) is 34.9 Å². The fraction of sp³-hybridized carbons (Fsp3) is 0.310. The van der Waals surface area contributed by atoms with Crippen LogP contribution in [-0.4, -0.2) is 25.7 Å². The lowest BCUT2D eigenvalue weighted by atomic mass is 9.95. The van der Waals surface area contributed by atoms with Gasteiger partial charge in [-0.15, -0.1) is 0 Å². The van der Waals surface area contributed by atoms with Gasteiger partial charge in [-0.25, -0.2) is 13.1 Å². The number of sulfonamides is 1. The Balaban J connectivity index is 1.67. The SMILES string of the molecule is CCCc1cc(COc2cc(C)nc(C)c2OC)ccc1-c1ccccc1S(=O)(=O)Nc1onc(C)c1C. The molecule has 0 spiro atoms. The van der Waals surface area contributed by atoms with E-state index < -0.39 is 10.0 Å². The Bertz CT molecular complexity index is 1560. The van der Waals surface area contributed by atoms with E-state index in [0.717, 1.165) is 40.9 Å². The van der Waals surface area contributed by atoms with Crippen molar-refractivity contribution in [2.75, 3.05) is 11.8 Å². The van der Waals surface area contributed by atoms with Gasteiger partial charge in [-0.1, -0.05) is 54.9 Å². The van der Waals surface area contributed by atoms with Crippen LogP contribution in [0.1, 0.15) is 47.1 Å². The lowest BCUT2D eigenvalue weighted by Gasteiger charge is -2.17. The van der Waals surface area contributed by atoms with Crippen molar-refractivity contribution in [1.29, 1.82) is 0 Å². The molecule has 0 saturated heterocycles. The molecular weight excluding hydrogens is 502 g/mol. The number of nitrogens with zero attached hydrogens (tertiary/aromatic N) is 2. The summed E-state index contributed by atoms with van der Waals surface area (Å²) in [5, 5.41) is 3.86. The van der Waals surface area contributed by atoms with Crippen molar-refractivity contribution in [2.45, 2.75) is 59.0 Å². The molecule has 0 saturated carbocycles. The minimum absolute atomic E-state index is 0.121. The zero-order valence-corrected chi connectivity index (χ0v) is 23.4. The molecule has 38 heavy (non-hydrogen) atoms. The molecule has 2 heterocycles. The summed E-state index contributed by atoms with van der Waals surface area (Å²) in [5.41, 5.74) is 6.39. The summed E-state index contributed by atoms with van der Waals surface area (Å²) in [6, 6.07) is 14.8. The summed E-state index contributed by atoms with van der Waals surface area (Å²) in [6.07, 6.45) is 1.68. The summed E-state index contributed by atoms with van der Waals surface area (Å²) < 4.78 is 46.2. The topological polar surface area (TPSA) is 104 Å². The number of hydrogen-bond acceptors (Lipinski definition) is 7. The zero-order valence-electron chi connectivity index (χ0n) is 22.6. The summed E-state index contributed by atoms with van der Waals surface area (Å²) in [7, 11) is -2.33. The van der Waals surface area contributed by atoms with Crippen molar-refractivity contribution in [3.8, 4) is 22.6 Å². The molecule has 0 fully saturated rings. The van der Waals surface area contributed by atoms with Crippen molar-refractivity contribution >= 4 is 15.9 Å². The monoisotopic (exact) mass is 535 g/mol. The largest absolute Gasteiger partial charge is 0.491 e. The zero-order chi connectivity index (χ0) is 27.4. The smallest absolute Gasteiger partial charge is 0.264 e. The van der Waals surface area contributed by atoms with Gasteiger partial charge in [-0.3, -0.25) is 4.98 Å². The Kier molecular flexibility index (Phi) is 8.06. The first-order valence-electron chi connectivity index (χ1n) is 12.5. The highest BCUT2D eigenvalue weighted by Crippen LogP contribution is 2.34. The molecule has 2 aromatic heterocycles. The van der Waals surface area contributed by atoms with E-state index in [1.165, 1.54) is 0 Å². The predicted octanol–water partition coefficient (Wildman–Crippen LogP) is 6.31. The standard InChI is InChI=1S/C29H33N3O5S/c1-7-10-23-16-22(17-36-26-15-18(2)30-21(5)28(26)35-6)13-14-24(23)25-11-8-9-12-27(25)38(33,34)32-29-19(3)20(4)31-37-29/h8-9,11-16,32H,7,10,17H2,1-6H3. The van der Waals surface area contributed by atoms with Crippen LogP contribution in [0.3, 0.4) is 0 Å². The summed E-state index contributed by atoms with van der Waals surface area (Å²) in [5.74, 6) is 1.37. The van der Waals surface area contributed by atoms with E-state index in [4.69, 9.17) is 14.0 Å². The molecule has 4 rings (SSSR count). The van der Waals surface area contributed by atoms with E-state index >= 15 is 0 Å². The Hall–Kier alpha value is -3.85. The molecule has 0 amide bonds. The Labute approximate surface area is 224 Å². The van der Waals surface area contributed by atoms with Crippen LogP contribution in [0, 0.1) is 27.7 Å². The van der Waals surface area contributed by atoms with Crippen LogP contribution in [0.4, 0.5) is 5.88 Å². The van der Waals surface area contributed by atoms with Crippen LogP contribution in [-0.2, 0) is 23.1 Å². The van der Waals surface area contributed by atoms with Gasteiger partial charge in [0.25, 0.3) is 10.0 Å². The first-order valence-corrected chi connectivity index (χ1v) is 13.9. The maximum absolute atomic E-state index is 13.4. The highest BCUT2D eigenvalue weighted by Gasteiger charge is 2.24. The number of nitrogens with one attached hydrogen (secondary N) is 1. The van der Waals surface area contributed by atoms with E-state index in [-0.39, 0.29) is 10.8 Å². The van der Waals surface area contributed by atoms with Crippen molar-refractivity contribution in [2.24, 2.45) is 0 Å². The molecular formula is C29H33N3O5S. The fourth-order valence-corrected chi connectivity index (χ4v) is 5.65. The second-order valence-corrected chi connectivity index (χ2v) is 10.9. The second-order valence-electron chi connectivity index (χ2n) is 9.23. The van der Waals surface area contributed by atoms with Crippen LogP contribution < -0.4 is 14.2 Å². The Morgan fingerprint density at radius 2 is 1.74 bits per heavy atom. The molecule has 200 valence electrons. The van der Waals surface area contributed by atoms with Crippen LogP contribution in [0.25, 0.3) is 11.1 Å². The molecule has 0 unspecified atom stereocenters. The van der Waals surface area contributed by atoms with Gasteiger partial charge in [0.05, 0.1) is 23.4 Å². The van der Waals surface area contributed by atoms with Crippen LogP contribution in [0.5, 0.6) is 11.5 Å². The van der Waals surface area contributed by atoms with E-state index in [9.17, 15) is 8.42 Å².